The topological polar surface area (TPSA) is 78.9 Å². The van der Waals surface area contributed by atoms with E-state index in [-0.39, 0.29) is 12.4 Å². The second kappa shape index (κ2) is 7.46. The van der Waals surface area contributed by atoms with E-state index in [0.29, 0.717) is 18.0 Å². The molecule has 0 unspecified atom stereocenters. The molecule has 1 aromatic carbocycles. The highest BCUT2D eigenvalue weighted by atomic mass is 32.1. The number of benzene rings is 1. The number of nitrogens with two attached hydrogens (primary N) is 1. The number of hydrogen-bond acceptors (Lipinski definition) is 6. The van der Waals surface area contributed by atoms with Crippen LogP contribution >= 0.6 is 11.3 Å². The van der Waals surface area contributed by atoms with Gasteiger partial charge in [-0.25, -0.2) is 14.4 Å². The van der Waals surface area contributed by atoms with Crippen molar-refractivity contribution in [3.05, 3.63) is 63.1 Å². The van der Waals surface area contributed by atoms with E-state index in [1.54, 1.807) is 23.6 Å². The number of nitrogen functional groups attached to an aromatic ring is 1. The molecule has 158 valence electrons. The second-order valence-electron chi connectivity index (χ2n) is 7.62. The summed E-state index contributed by atoms with van der Waals surface area (Å²) in [6.45, 7) is 4.25. The Labute approximate surface area is 183 Å². The Hall–Kier alpha value is -3.26. The lowest BCUT2D eigenvalue weighted by Gasteiger charge is -2.16. The number of rotatable bonds is 1. The summed E-state index contributed by atoms with van der Waals surface area (Å²) in [5, 5.41) is 5.72. The van der Waals surface area contributed by atoms with Gasteiger partial charge in [0.25, 0.3) is 0 Å². The molecule has 0 saturated carbocycles. The van der Waals surface area contributed by atoms with Gasteiger partial charge in [-0.2, -0.15) is 5.10 Å². The summed E-state index contributed by atoms with van der Waals surface area (Å²) in [5.41, 5.74) is 12.6. The lowest BCUT2D eigenvalue weighted by atomic mass is 9.98. The van der Waals surface area contributed by atoms with Crippen LogP contribution in [0.2, 0.25) is 0 Å². The van der Waals surface area contributed by atoms with Crippen molar-refractivity contribution in [3.8, 4) is 28.1 Å². The van der Waals surface area contributed by atoms with Crippen molar-refractivity contribution in [3.63, 3.8) is 0 Å². The number of hydrogen-bond donors (Lipinski definition) is 1. The largest absolute Gasteiger partial charge is 0.485 e. The third-order valence-electron chi connectivity index (χ3n) is 5.58. The lowest BCUT2D eigenvalue weighted by molar-refractivity contribution is 0.307. The Kier molecular flexibility index (Phi) is 4.74. The molecular weight excluding hydrogens is 413 g/mol. The van der Waals surface area contributed by atoms with Crippen LogP contribution in [-0.2, 0) is 26.5 Å². The van der Waals surface area contributed by atoms with Crippen molar-refractivity contribution < 1.29 is 9.13 Å². The van der Waals surface area contributed by atoms with Crippen LogP contribution in [0.3, 0.4) is 0 Å². The predicted octanol–water partition coefficient (Wildman–Crippen LogP) is 4.68. The van der Waals surface area contributed by atoms with Crippen molar-refractivity contribution >= 4 is 17.2 Å². The van der Waals surface area contributed by atoms with E-state index < -0.39 is 0 Å². The quantitative estimate of drug-likeness (QED) is 0.470. The van der Waals surface area contributed by atoms with Crippen LogP contribution in [0.25, 0.3) is 22.4 Å². The summed E-state index contributed by atoms with van der Waals surface area (Å²) in [6.07, 6.45) is 3.22. The Morgan fingerprint density at radius 2 is 2.13 bits per heavy atom. The molecule has 8 heteroatoms. The molecule has 4 heterocycles. The first-order valence-electron chi connectivity index (χ1n) is 10.1. The number of aromatic nitrogens is 4. The number of pyridine rings is 1. The first-order chi connectivity index (χ1) is 14.9. The van der Waals surface area contributed by atoms with E-state index in [4.69, 9.17) is 20.6 Å². The number of fused-ring (bicyclic) bond motifs is 7. The van der Waals surface area contributed by atoms with Crippen LogP contribution in [-0.4, -0.2) is 19.7 Å². The minimum atomic E-state index is -0.315. The average Bonchev–Trinajstić information content (AvgIpc) is 3.26. The van der Waals surface area contributed by atoms with Crippen molar-refractivity contribution in [2.75, 3.05) is 5.73 Å². The molecule has 4 aromatic rings. The molecule has 5 rings (SSSR count). The molecule has 0 saturated heterocycles. The number of nitrogens with zero attached hydrogens (tertiary/aromatic N) is 4. The highest BCUT2D eigenvalue weighted by Crippen LogP contribution is 2.38. The molecule has 6 nitrogen and oxygen atoms in total. The van der Waals surface area contributed by atoms with Crippen molar-refractivity contribution in [1.29, 1.82) is 0 Å². The highest BCUT2D eigenvalue weighted by molar-refractivity contribution is 7.12. The van der Waals surface area contributed by atoms with Gasteiger partial charge in [0.1, 0.15) is 12.4 Å². The molecule has 0 fully saturated rings. The van der Waals surface area contributed by atoms with Gasteiger partial charge in [-0.15, -0.1) is 11.3 Å². The van der Waals surface area contributed by atoms with Gasteiger partial charge in [-0.3, -0.25) is 4.68 Å². The SMILES string of the molecule is CCc1nn(C)c2c1-c1cnc(N)c(c1)OCc1cc(F)ccc1-c1nc(C)sc1C2. The maximum atomic E-state index is 14.1. The molecule has 1 aliphatic heterocycles. The first-order valence-corrected chi connectivity index (χ1v) is 10.9. The zero-order valence-corrected chi connectivity index (χ0v) is 18.4. The van der Waals surface area contributed by atoms with Gasteiger partial charge in [0.2, 0.25) is 0 Å². The minimum absolute atomic E-state index is 0.166. The minimum Gasteiger partial charge on any atom is -0.485 e. The summed E-state index contributed by atoms with van der Waals surface area (Å²) < 4.78 is 22.1. The Morgan fingerprint density at radius 3 is 2.94 bits per heavy atom. The van der Waals surface area contributed by atoms with Crippen molar-refractivity contribution in [2.45, 2.75) is 33.3 Å². The smallest absolute Gasteiger partial charge is 0.166 e. The number of aryl methyl sites for hydroxylation is 3. The molecular formula is C23H22FN5OS. The van der Waals surface area contributed by atoms with Crippen molar-refractivity contribution in [2.24, 2.45) is 7.05 Å². The maximum Gasteiger partial charge on any atom is 0.166 e. The summed E-state index contributed by atoms with van der Waals surface area (Å²) in [4.78, 5) is 10.3. The summed E-state index contributed by atoms with van der Waals surface area (Å²) in [6, 6.07) is 6.64. The maximum absolute atomic E-state index is 14.1. The fourth-order valence-electron chi connectivity index (χ4n) is 4.13. The second-order valence-corrected chi connectivity index (χ2v) is 8.91. The number of ether oxygens (including phenoxy) is 1. The molecule has 2 bridgehead atoms. The van der Waals surface area contributed by atoms with Crippen molar-refractivity contribution in [1.82, 2.24) is 19.7 Å². The van der Waals surface area contributed by atoms with Crippen LogP contribution < -0.4 is 10.5 Å². The van der Waals surface area contributed by atoms with Crippen LogP contribution in [0.15, 0.2) is 30.5 Å². The zero-order valence-electron chi connectivity index (χ0n) is 17.6. The number of thiazole rings is 1. The number of anilines is 1. The molecule has 0 aliphatic carbocycles. The lowest BCUT2D eigenvalue weighted by Crippen LogP contribution is -2.06. The Morgan fingerprint density at radius 1 is 1.29 bits per heavy atom. The van der Waals surface area contributed by atoms with Gasteiger partial charge in [0.05, 0.1) is 22.1 Å². The van der Waals surface area contributed by atoms with Gasteiger partial charge in [0, 0.05) is 46.8 Å². The first kappa shape index (κ1) is 19.7. The van der Waals surface area contributed by atoms with Crippen LogP contribution in [0, 0.1) is 12.7 Å². The van der Waals surface area contributed by atoms with E-state index in [1.165, 1.54) is 12.1 Å². The summed E-state index contributed by atoms with van der Waals surface area (Å²) >= 11 is 1.65. The zero-order chi connectivity index (χ0) is 21.7. The van der Waals surface area contributed by atoms with E-state index in [2.05, 4.69) is 11.9 Å². The predicted molar refractivity (Wildman–Crippen MR) is 120 cm³/mol. The Balaban J connectivity index is 1.81. The molecule has 3 aromatic heterocycles. The molecule has 31 heavy (non-hydrogen) atoms. The van der Waals surface area contributed by atoms with E-state index in [0.717, 1.165) is 55.6 Å². The van der Waals surface area contributed by atoms with Gasteiger partial charge in [0.15, 0.2) is 11.6 Å². The molecule has 0 spiro atoms. The third-order valence-corrected chi connectivity index (χ3v) is 6.55. The van der Waals surface area contributed by atoms with Gasteiger partial charge < -0.3 is 10.5 Å². The van der Waals surface area contributed by atoms with E-state index >= 15 is 0 Å². The molecule has 0 radical (unpaired) electrons. The molecule has 2 N–H and O–H groups in total. The molecule has 0 atom stereocenters. The monoisotopic (exact) mass is 435 g/mol. The van der Waals surface area contributed by atoms with Crippen LogP contribution in [0.5, 0.6) is 5.75 Å². The molecule has 1 aliphatic rings. The third kappa shape index (κ3) is 3.37. The Bertz CT molecular complexity index is 1310. The van der Waals surface area contributed by atoms with Crippen LogP contribution in [0.4, 0.5) is 10.2 Å². The fraction of sp³-hybridized carbons (Fsp3) is 0.261. The fourth-order valence-corrected chi connectivity index (χ4v) is 5.09. The van der Waals surface area contributed by atoms with Crippen LogP contribution in [0.1, 0.15) is 33.8 Å². The van der Waals surface area contributed by atoms with Gasteiger partial charge in [-0.05, 0) is 37.6 Å². The van der Waals surface area contributed by atoms with Gasteiger partial charge in [-0.1, -0.05) is 6.92 Å². The summed E-state index contributed by atoms with van der Waals surface area (Å²) in [5.74, 6) is 0.455. The standard InChI is InChI=1S/C23H22FN5OS/c1-4-17-21-13-8-19(23(25)26-10-13)30-11-14-7-15(24)5-6-16(14)22-20(31-12(2)27-22)9-18(21)29(3)28-17/h5-8,10H,4,9,11H2,1-3H3,(H2,25,26). The average molecular weight is 436 g/mol. The number of halogens is 1. The van der Waals surface area contributed by atoms with Gasteiger partial charge >= 0.3 is 0 Å². The van der Waals surface area contributed by atoms with E-state index in [9.17, 15) is 4.39 Å². The normalized spacial score (nSPS) is 12.8. The highest BCUT2D eigenvalue weighted by Gasteiger charge is 2.24. The molecule has 0 amide bonds. The summed E-state index contributed by atoms with van der Waals surface area (Å²) in [7, 11) is 1.96. The van der Waals surface area contributed by atoms with E-state index in [1.807, 2.05) is 24.7 Å².